The molecule has 0 aliphatic carbocycles. The zero-order valence-corrected chi connectivity index (χ0v) is 10.9. The molecule has 0 spiro atoms. The van der Waals surface area contributed by atoms with Gasteiger partial charge in [0.15, 0.2) is 5.75 Å². The number of rotatable bonds is 4. The SMILES string of the molecule is O=[N+]([O-])c1c(O)cccc1NS(=O)(=O)c1ccccc1. The number of phenolic OH excluding ortho intramolecular Hbond substituents is 1. The molecule has 2 aromatic carbocycles. The van der Waals surface area contributed by atoms with E-state index in [0.29, 0.717) is 0 Å². The highest BCUT2D eigenvalue weighted by Gasteiger charge is 2.23. The maximum absolute atomic E-state index is 12.1. The zero-order valence-electron chi connectivity index (χ0n) is 10.1. The molecule has 0 aliphatic heterocycles. The van der Waals surface area contributed by atoms with Crippen molar-refractivity contribution >= 4 is 21.4 Å². The summed E-state index contributed by atoms with van der Waals surface area (Å²) in [5, 5.41) is 20.3. The third-order valence-corrected chi connectivity index (χ3v) is 3.88. The van der Waals surface area contributed by atoms with Crippen LogP contribution in [0.25, 0.3) is 0 Å². The highest BCUT2D eigenvalue weighted by molar-refractivity contribution is 7.92. The Balaban J connectivity index is 2.46. The van der Waals surface area contributed by atoms with Gasteiger partial charge in [-0.3, -0.25) is 14.8 Å². The van der Waals surface area contributed by atoms with Crippen molar-refractivity contribution in [1.29, 1.82) is 0 Å². The van der Waals surface area contributed by atoms with Gasteiger partial charge in [0, 0.05) is 0 Å². The second-order valence-electron chi connectivity index (χ2n) is 3.85. The fraction of sp³-hybridized carbons (Fsp3) is 0. The minimum absolute atomic E-state index is 0.0300. The predicted molar refractivity (Wildman–Crippen MR) is 72.0 cm³/mol. The van der Waals surface area contributed by atoms with Crippen molar-refractivity contribution in [2.45, 2.75) is 4.90 Å². The van der Waals surface area contributed by atoms with E-state index in [1.165, 1.54) is 36.4 Å². The number of nitro benzene ring substituents is 1. The van der Waals surface area contributed by atoms with Crippen LogP contribution in [-0.2, 0) is 10.0 Å². The van der Waals surface area contributed by atoms with Crippen molar-refractivity contribution in [2.24, 2.45) is 0 Å². The summed E-state index contributed by atoms with van der Waals surface area (Å²) in [6.45, 7) is 0. The highest BCUT2D eigenvalue weighted by atomic mass is 32.2. The Morgan fingerprint density at radius 2 is 1.70 bits per heavy atom. The average molecular weight is 294 g/mol. The first-order valence-corrected chi connectivity index (χ1v) is 6.94. The monoisotopic (exact) mass is 294 g/mol. The standard InChI is InChI=1S/C12H10N2O5S/c15-11-8-4-7-10(12(11)14(16)17)13-20(18,19)9-5-2-1-3-6-9/h1-8,13,15H. The van der Waals surface area contributed by atoms with Crippen LogP contribution in [0.4, 0.5) is 11.4 Å². The van der Waals surface area contributed by atoms with Gasteiger partial charge in [0.2, 0.25) is 0 Å². The molecular formula is C12H10N2O5S. The summed E-state index contributed by atoms with van der Waals surface area (Å²) in [5.41, 5.74) is -0.981. The van der Waals surface area contributed by atoms with Gasteiger partial charge < -0.3 is 5.11 Å². The van der Waals surface area contributed by atoms with E-state index in [4.69, 9.17) is 0 Å². The molecule has 20 heavy (non-hydrogen) atoms. The van der Waals surface area contributed by atoms with Crippen molar-refractivity contribution in [3.8, 4) is 5.75 Å². The number of hydrogen-bond acceptors (Lipinski definition) is 5. The number of sulfonamides is 1. The molecule has 0 saturated carbocycles. The van der Waals surface area contributed by atoms with Crippen LogP contribution < -0.4 is 4.72 Å². The van der Waals surface area contributed by atoms with E-state index in [9.17, 15) is 23.6 Å². The molecule has 0 aliphatic rings. The van der Waals surface area contributed by atoms with Crippen LogP contribution in [0.3, 0.4) is 0 Å². The summed E-state index contributed by atoms with van der Waals surface area (Å²) in [5.74, 6) is -0.608. The molecule has 2 aromatic rings. The summed E-state index contributed by atoms with van der Waals surface area (Å²) >= 11 is 0. The number of nitrogens with zero attached hydrogens (tertiary/aromatic N) is 1. The maximum Gasteiger partial charge on any atom is 0.334 e. The van der Waals surface area contributed by atoms with Crippen molar-refractivity contribution in [3.63, 3.8) is 0 Å². The van der Waals surface area contributed by atoms with Crippen LogP contribution in [0.2, 0.25) is 0 Å². The summed E-state index contributed by atoms with van der Waals surface area (Å²) in [7, 11) is -3.95. The number of nitrogens with one attached hydrogen (secondary N) is 1. The van der Waals surface area contributed by atoms with Crippen molar-refractivity contribution < 1.29 is 18.4 Å². The Bertz CT molecular complexity index is 744. The van der Waals surface area contributed by atoms with Crippen molar-refractivity contribution in [3.05, 3.63) is 58.6 Å². The van der Waals surface area contributed by atoms with E-state index in [1.807, 2.05) is 0 Å². The van der Waals surface area contributed by atoms with Gasteiger partial charge in [-0.1, -0.05) is 24.3 Å². The third-order valence-electron chi connectivity index (χ3n) is 2.50. The van der Waals surface area contributed by atoms with Crippen LogP contribution in [-0.4, -0.2) is 18.4 Å². The average Bonchev–Trinajstić information content (AvgIpc) is 2.39. The third kappa shape index (κ3) is 2.69. The summed E-state index contributed by atoms with van der Waals surface area (Å²) in [6, 6.07) is 11.1. The first-order chi connectivity index (χ1) is 9.42. The Morgan fingerprint density at radius 3 is 2.30 bits per heavy atom. The highest BCUT2D eigenvalue weighted by Crippen LogP contribution is 2.34. The fourth-order valence-corrected chi connectivity index (χ4v) is 2.70. The van der Waals surface area contributed by atoms with E-state index < -0.39 is 26.4 Å². The molecule has 0 fully saturated rings. The normalized spacial score (nSPS) is 11.0. The van der Waals surface area contributed by atoms with Crippen LogP contribution in [0, 0.1) is 10.1 Å². The molecule has 2 N–H and O–H groups in total. The van der Waals surface area contributed by atoms with Crippen LogP contribution in [0.1, 0.15) is 0 Å². The minimum Gasteiger partial charge on any atom is -0.502 e. The molecular weight excluding hydrogens is 284 g/mol. The molecule has 0 heterocycles. The van der Waals surface area contributed by atoms with Gasteiger partial charge >= 0.3 is 5.69 Å². The van der Waals surface area contributed by atoms with Gasteiger partial charge in [0.05, 0.1) is 9.82 Å². The van der Waals surface area contributed by atoms with Gasteiger partial charge in [0.25, 0.3) is 10.0 Å². The number of aromatic hydroxyl groups is 1. The van der Waals surface area contributed by atoms with Crippen molar-refractivity contribution in [1.82, 2.24) is 0 Å². The van der Waals surface area contributed by atoms with E-state index in [0.717, 1.165) is 6.07 Å². The van der Waals surface area contributed by atoms with Gasteiger partial charge in [-0.15, -0.1) is 0 Å². The van der Waals surface area contributed by atoms with E-state index in [2.05, 4.69) is 4.72 Å². The molecule has 8 heteroatoms. The molecule has 0 amide bonds. The lowest BCUT2D eigenvalue weighted by atomic mass is 10.2. The predicted octanol–water partition coefficient (Wildman–Crippen LogP) is 2.10. The summed E-state index contributed by atoms with van der Waals surface area (Å²) < 4.78 is 26.2. The lowest BCUT2D eigenvalue weighted by molar-refractivity contribution is -0.384. The molecule has 0 radical (unpaired) electrons. The number of anilines is 1. The lowest BCUT2D eigenvalue weighted by Crippen LogP contribution is -2.13. The molecule has 2 rings (SSSR count). The molecule has 0 bridgehead atoms. The van der Waals surface area contributed by atoms with Crippen LogP contribution in [0.5, 0.6) is 5.75 Å². The van der Waals surface area contributed by atoms with Crippen LogP contribution in [0.15, 0.2) is 53.4 Å². The van der Waals surface area contributed by atoms with Crippen LogP contribution >= 0.6 is 0 Å². The maximum atomic E-state index is 12.1. The minimum atomic E-state index is -3.95. The smallest absolute Gasteiger partial charge is 0.334 e. The lowest BCUT2D eigenvalue weighted by Gasteiger charge is -2.08. The second kappa shape index (κ2) is 5.17. The number of hydrogen-bond donors (Lipinski definition) is 2. The van der Waals surface area contributed by atoms with Gasteiger partial charge in [0.1, 0.15) is 5.69 Å². The van der Waals surface area contributed by atoms with Gasteiger partial charge in [-0.25, -0.2) is 8.42 Å². The van der Waals surface area contributed by atoms with E-state index in [1.54, 1.807) is 6.07 Å². The Morgan fingerprint density at radius 1 is 1.05 bits per heavy atom. The number of para-hydroxylation sites is 1. The quantitative estimate of drug-likeness (QED) is 0.663. The molecule has 104 valence electrons. The molecule has 0 aromatic heterocycles. The van der Waals surface area contributed by atoms with Crippen molar-refractivity contribution in [2.75, 3.05) is 4.72 Å². The molecule has 0 saturated heterocycles. The molecule has 0 unspecified atom stereocenters. The zero-order chi connectivity index (χ0) is 14.8. The van der Waals surface area contributed by atoms with Gasteiger partial charge in [-0.05, 0) is 24.3 Å². The topological polar surface area (TPSA) is 110 Å². The number of phenols is 1. The Hall–Kier alpha value is -2.61. The first-order valence-electron chi connectivity index (χ1n) is 5.46. The first kappa shape index (κ1) is 13.8. The fourth-order valence-electron chi connectivity index (χ4n) is 1.61. The molecule has 0 atom stereocenters. The van der Waals surface area contributed by atoms with Gasteiger partial charge in [-0.2, -0.15) is 0 Å². The number of benzene rings is 2. The largest absolute Gasteiger partial charge is 0.502 e. The van der Waals surface area contributed by atoms with E-state index >= 15 is 0 Å². The Labute approximate surface area is 114 Å². The molecule has 7 nitrogen and oxygen atoms in total. The second-order valence-corrected chi connectivity index (χ2v) is 5.53. The Kier molecular flexibility index (Phi) is 3.57. The summed E-state index contributed by atoms with van der Waals surface area (Å²) in [6.07, 6.45) is 0. The summed E-state index contributed by atoms with van der Waals surface area (Å²) in [4.78, 5) is 10.00. The number of nitro groups is 1. The van der Waals surface area contributed by atoms with E-state index in [-0.39, 0.29) is 10.6 Å².